The Hall–Kier alpha value is -1.86. The Labute approximate surface area is 129 Å². The van der Waals surface area contributed by atoms with Gasteiger partial charge in [0.15, 0.2) is 0 Å². The van der Waals surface area contributed by atoms with Crippen molar-refractivity contribution >= 4 is 15.9 Å². The highest BCUT2D eigenvalue weighted by Gasteiger charge is 2.34. The van der Waals surface area contributed by atoms with E-state index in [0.717, 1.165) is 18.4 Å². The number of nitrogens with one attached hydrogen (secondary N) is 1. The van der Waals surface area contributed by atoms with E-state index in [2.05, 4.69) is 9.88 Å². The number of nitrogens with zero attached hydrogens (tertiary/aromatic N) is 1. The zero-order valence-electron chi connectivity index (χ0n) is 12.2. The second-order valence-corrected chi connectivity index (χ2v) is 7.20. The lowest BCUT2D eigenvalue weighted by atomic mass is 10.2. The fourth-order valence-corrected chi connectivity index (χ4v) is 3.67. The maximum absolute atomic E-state index is 12.2. The van der Waals surface area contributed by atoms with Crippen LogP contribution in [0.4, 0.5) is 5.88 Å². The van der Waals surface area contributed by atoms with Gasteiger partial charge in [0.1, 0.15) is 5.69 Å². The van der Waals surface area contributed by atoms with Gasteiger partial charge in [-0.05, 0) is 18.8 Å². The molecule has 7 heteroatoms. The van der Waals surface area contributed by atoms with Crippen LogP contribution in [0, 0.1) is 5.92 Å². The van der Waals surface area contributed by atoms with Gasteiger partial charge in [0, 0.05) is 18.7 Å². The summed E-state index contributed by atoms with van der Waals surface area (Å²) in [5, 5.41) is 3.88. The Bertz CT molecular complexity index is 723. The highest BCUT2D eigenvalue weighted by molar-refractivity contribution is 7.92. The van der Waals surface area contributed by atoms with Crippen LogP contribution in [-0.2, 0) is 14.8 Å². The average Bonchev–Trinajstić information content (AvgIpc) is 3.25. The number of rotatable bonds is 7. The fourth-order valence-electron chi connectivity index (χ4n) is 2.34. The third-order valence-electron chi connectivity index (χ3n) is 3.67. The summed E-state index contributed by atoms with van der Waals surface area (Å²) in [7, 11) is -1.99. The quantitative estimate of drug-likeness (QED) is 0.847. The number of ether oxygens (including phenoxy) is 1. The minimum Gasteiger partial charge on any atom is -0.380 e. The summed E-state index contributed by atoms with van der Waals surface area (Å²) in [5.41, 5.74) is 1.45. The molecule has 1 fully saturated rings. The summed E-state index contributed by atoms with van der Waals surface area (Å²) in [4.78, 5) is 0. The summed E-state index contributed by atoms with van der Waals surface area (Å²) in [6.45, 7) is 0. The van der Waals surface area contributed by atoms with Gasteiger partial charge in [0.05, 0.1) is 11.9 Å². The Morgan fingerprint density at radius 3 is 2.73 bits per heavy atom. The number of sulfonamides is 1. The van der Waals surface area contributed by atoms with Crippen LogP contribution in [0.5, 0.6) is 0 Å². The van der Waals surface area contributed by atoms with Crippen molar-refractivity contribution in [1.82, 2.24) is 5.16 Å². The van der Waals surface area contributed by atoms with Crippen LogP contribution in [0.1, 0.15) is 12.8 Å². The van der Waals surface area contributed by atoms with Gasteiger partial charge >= 0.3 is 0 Å². The van der Waals surface area contributed by atoms with Gasteiger partial charge in [0.2, 0.25) is 15.9 Å². The first-order chi connectivity index (χ1) is 10.6. The zero-order valence-corrected chi connectivity index (χ0v) is 13.0. The molecule has 22 heavy (non-hydrogen) atoms. The van der Waals surface area contributed by atoms with Gasteiger partial charge in [0.25, 0.3) is 0 Å². The Balaban J connectivity index is 1.69. The maximum Gasteiger partial charge on any atom is 0.238 e. The van der Waals surface area contributed by atoms with E-state index in [-0.39, 0.29) is 17.7 Å². The molecule has 1 N–H and O–H groups in total. The predicted octanol–water partition coefficient (Wildman–Crippen LogP) is 2.51. The molecule has 0 saturated heterocycles. The van der Waals surface area contributed by atoms with Gasteiger partial charge in [-0.3, -0.25) is 4.72 Å². The topological polar surface area (TPSA) is 81.4 Å². The summed E-state index contributed by atoms with van der Waals surface area (Å²) >= 11 is 0. The smallest absolute Gasteiger partial charge is 0.238 e. The van der Waals surface area contributed by atoms with Gasteiger partial charge < -0.3 is 9.26 Å². The van der Waals surface area contributed by atoms with E-state index in [0.29, 0.717) is 11.6 Å². The molecule has 0 bridgehead atoms. The number of hydrogen-bond donors (Lipinski definition) is 1. The van der Waals surface area contributed by atoms with E-state index >= 15 is 0 Å². The molecule has 0 aliphatic heterocycles. The molecule has 1 aliphatic carbocycles. The molecule has 0 radical (unpaired) electrons. The van der Waals surface area contributed by atoms with Crippen molar-refractivity contribution in [2.45, 2.75) is 18.9 Å². The van der Waals surface area contributed by atoms with Gasteiger partial charge in [-0.15, -0.1) is 0 Å². The predicted molar refractivity (Wildman–Crippen MR) is 82.9 cm³/mol. The van der Waals surface area contributed by atoms with Crippen molar-refractivity contribution in [2.75, 3.05) is 17.6 Å². The van der Waals surface area contributed by atoms with Crippen LogP contribution < -0.4 is 4.72 Å². The second kappa shape index (κ2) is 6.10. The number of benzene rings is 1. The maximum atomic E-state index is 12.2. The summed E-state index contributed by atoms with van der Waals surface area (Å²) in [6, 6.07) is 11.0. The van der Waals surface area contributed by atoms with Crippen LogP contribution in [0.15, 0.2) is 40.9 Å². The molecule has 1 saturated carbocycles. The van der Waals surface area contributed by atoms with Crippen LogP contribution in [0.3, 0.4) is 0 Å². The molecule has 6 nitrogen and oxygen atoms in total. The molecule has 1 atom stereocenters. The molecule has 1 aromatic heterocycles. The van der Waals surface area contributed by atoms with Crippen LogP contribution in [0.2, 0.25) is 0 Å². The number of methoxy groups -OCH3 is 1. The number of anilines is 1. The number of aromatic nitrogens is 1. The Morgan fingerprint density at radius 2 is 2.09 bits per heavy atom. The van der Waals surface area contributed by atoms with Crippen molar-refractivity contribution in [3.05, 3.63) is 36.4 Å². The Morgan fingerprint density at radius 1 is 1.36 bits per heavy atom. The fraction of sp³-hybridized carbons (Fsp3) is 0.400. The molecule has 1 unspecified atom stereocenters. The molecule has 0 spiro atoms. The highest BCUT2D eigenvalue weighted by Crippen LogP contribution is 2.34. The third-order valence-corrected chi connectivity index (χ3v) is 4.95. The third kappa shape index (κ3) is 3.66. The van der Waals surface area contributed by atoms with Crippen molar-refractivity contribution in [3.63, 3.8) is 0 Å². The van der Waals surface area contributed by atoms with E-state index in [1.54, 1.807) is 13.2 Å². The lowest BCUT2D eigenvalue weighted by molar-refractivity contribution is 0.103. The Kier molecular flexibility index (Phi) is 4.17. The molecule has 3 rings (SSSR count). The van der Waals surface area contributed by atoms with Gasteiger partial charge in [-0.2, -0.15) is 0 Å². The zero-order chi connectivity index (χ0) is 15.6. The summed E-state index contributed by atoms with van der Waals surface area (Å²) in [5.74, 6) is 0.385. The van der Waals surface area contributed by atoms with Crippen LogP contribution in [-0.4, -0.2) is 32.5 Å². The molecule has 118 valence electrons. The first-order valence-electron chi connectivity index (χ1n) is 7.13. The average molecular weight is 322 g/mol. The van der Waals surface area contributed by atoms with E-state index < -0.39 is 10.0 Å². The minimum atomic E-state index is -3.53. The minimum absolute atomic E-state index is 0.0739. The molecular formula is C15H18N2O4S. The first kappa shape index (κ1) is 15.1. The summed E-state index contributed by atoms with van der Waals surface area (Å²) in [6.07, 6.45) is 1.78. The van der Waals surface area contributed by atoms with Gasteiger partial charge in [-0.25, -0.2) is 8.42 Å². The van der Waals surface area contributed by atoms with Crippen molar-refractivity contribution in [3.8, 4) is 11.3 Å². The highest BCUT2D eigenvalue weighted by atomic mass is 32.2. The SMILES string of the molecule is COC(CS(=O)(=O)Nc1cc(-c2ccccc2)no1)C1CC1. The number of hydrogen-bond acceptors (Lipinski definition) is 5. The van der Waals surface area contributed by atoms with Crippen molar-refractivity contribution < 1.29 is 17.7 Å². The van der Waals surface area contributed by atoms with E-state index in [9.17, 15) is 8.42 Å². The standard InChI is InChI=1S/C15H18N2O4S/c1-20-14(12-7-8-12)10-22(18,19)17-15-9-13(16-21-15)11-5-3-2-4-6-11/h2-6,9,12,14,17H,7-8,10H2,1H3. The molecule has 1 heterocycles. The largest absolute Gasteiger partial charge is 0.380 e. The monoisotopic (exact) mass is 322 g/mol. The molecule has 0 amide bonds. The molecule has 1 aromatic carbocycles. The molecule has 2 aromatic rings. The van der Waals surface area contributed by atoms with Crippen LogP contribution >= 0.6 is 0 Å². The first-order valence-corrected chi connectivity index (χ1v) is 8.78. The van der Waals surface area contributed by atoms with Crippen LogP contribution in [0.25, 0.3) is 11.3 Å². The van der Waals surface area contributed by atoms with E-state index in [1.165, 1.54) is 0 Å². The molecular weight excluding hydrogens is 304 g/mol. The van der Waals surface area contributed by atoms with E-state index in [1.807, 2.05) is 30.3 Å². The summed E-state index contributed by atoms with van der Waals surface area (Å²) < 4.78 is 37.1. The van der Waals surface area contributed by atoms with Crippen molar-refractivity contribution in [2.24, 2.45) is 5.92 Å². The lowest BCUT2D eigenvalue weighted by Crippen LogP contribution is -2.29. The second-order valence-electron chi connectivity index (χ2n) is 5.44. The normalized spacial score (nSPS) is 16.4. The van der Waals surface area contributed by atoms with Crippen molar-refractivity contribution in [1.29, 1.82) is 0 Å². The lowest BCUT2D eigenvalue weighted by Gasteiger charge is -2.14. The van der Waals surface area contributed by atoms with Gasteiger partial charge in [-0.1, -0.05) is 35.5 Å². The van der Waals surface area contributed by atoms with E-state index in [4.69, 9.17) is 9.26 Å². The molecule has 1 aliphatic rings.